The second-order valence-corrected chi connectivity index (χ2v) is 2.54. The number of aromatic nitrogens is 2. The molecule has 0 aliphatic rings. The van der Waals surface area contributed by atoms with Gasteiger partial charge in [0.05, 0.1) is 6.33 Å². The maximum atomic E-state index is 13.1. The van der Waals surface area contributed by atoms with Crippen LogP contribution in [-0.2, 0) is 0 Å². The number of benzene rings is 1. The highest BCUT2D eigenvalue weighted by Gasteiger charge is 2.08. The minimum atomic E-state index is -0.599. The Labute approximate surface area is 73.5 Å². The van der Waals surface area contributed by atoms with E-state index in [1.165, 1.54) is 41.5 Å². The fourth-order valence-corrected chi connectivity index (χ4v) is 1.13. The molecule has 0 N–H and O–H groups in total. The van der Waals surface area contributed by atoms with Crippen molar-refractivity contribution in [3.05, 3.63) is 48.6 Å². The Morgan fingerprint density at radius 2 is 1.85 bits per heavy atom. The topological polar surface area (TPSA) is 17.8 Å². The van der Waals surface area contributed by atoms with Crippen molar-refractivity contribution in [3.63, 3.8) is 0 Å². The summed E-state index contributed by atoms with van der Waals surface area (Å²) in [5.41, 5.74) is -0.0972. The van der Waals surface area contributed by atoms with Gasteiger partial charge in [0.2, 0.25) is 0 Å². The lowest BCUT2D eigenvalue weighted by molar-refractivity contribution is 0.569. The van der Waals surface area contributed by atoms with Crippen molar-refractivity contribution in [1.29, 1.82) is 0 Å². The summed E-state index contributed by atoms with van der Waals surface area (Å²) in [4.78, 5) is 3.71. The molecule has 0 saturated carbocycles. The van der Waals surface area contributed by atoms with E-state index in [0.717, 1.165) is 0 Å². The van der Waals surface area contributed by atoms with Crippen LogP contribution in [0.2, 0.25) is 0 Å². The van der Waals surface area contributed by atoms with E-state index in [4.69, 9.17) is 0 Å². The highest BCUT2D eigenvalue weighted by Crippen LogP contribution is 2.16. The summed E-state index contributed by atoms with van der Waals surface area (Å²) in [7, 11) is 0. The fourth-order valence-electron chi connectivity index (χ4n) is 1.13. The molecule has 1 heterocycles. The first-order valence-corrected chi connectivity index (χ1v) is 3.71. The van der Waals surface area contributed by atoms with E-state index >= 15 is 0 Å². The second kappa shape index (κ2) is 2.97. The fraction of sp³-hybridized carbons (Fsp3) is 0. The summed E-state index contributed by atoms with van der Waals surface area (Å²) in [5, 5.41) is 0. The van der Waals surface area contributed by atoms with Gasteiger partial charge in [0, 0.05) is 12.4 Å². The minimum Gasteiger partial charge on any atom is -0.301 e. The van der Waals surface area contributed by atoms with E-state index in [2.05, 4.69) is 4.98 Å². The molecular weight excluding hydrogens is 174 g/mol. The molecule has 0 fully saturated rings. The van der Waals surface area contributed by atoms with E-state index in [1.807, 2.05) is 0 Å². The summed E-state index contributed by atoms with van der Waals surface area (Å²) in [6.07, 6.45) is 4.30. The predicted molar refractivity (Wildman–Crippen MR) is 43.5 cm³/mol. The lowest BCUT2D eigenvalue weighted by Crippen LogP contribution is -1.98. The van der Waals surface area contributed by atoms with Crippen molar-refractivity contribution in [1.82, 2.24) is 9.55 Å². The van der Waals surface area contributed by atoms with Crippen molar-refractivity contribution >= 4 is 0 Å². The zero-order valence-electron chi connectivity index (χ0n) is 6.61. The Morgan fingerprint density at radius 3 is 2.38 bits per heavy atom. The molecule has 4 heteroatoms. The smallest absolute Gasteiger partial charge is 0.150 e. The van der Waals surface area contributed by atoms with E-state index in [0.29, 0.717) is 0 Å². The third-order valence-corrected chi connectivity index (χ3v) is 1.70. The standard InChI is InChI=1S/C9H6F2N2/c10-7-2-1-3-8(11)9(7)13-5-4-12-6-13/h1-6H. The van der Waals surface area contributed by atoms with Gasteiger partial charge < -0.3 is 4.57 Å². The molecule has 13 heavy (non-hydrogen) atoms. The minimum absolute atomic E-state index is 0.0972. The molecule has 0 amide bonds. The first kappa shape index (κ1) is 7.91. The molecule has 1 aromatic carbocycles. The molecule has 0 radical (unpaired) electrons. The van der Waals surface area contributed by atoms with Gasteiger partial charge >= 0.3 is 0 Å². The van der Waals surface area contributed by atoms with Gasteiger partial charge in [0.1, 0.15) is 17.3 Å². The largest absolute Gasteiger partial charge is 0.301 e. The summed E-state index contributed by atoms with van der Waals surface area (Å²) in [5.74, 6) is -1.20. The van der Waals surface area contributed by atoms with Crippen LogP contribution in [0.4, 0.5) is 8.78 Å². The molecule has 2 nitrogen and oxygen atoms in total. The summed E-state index contributed by atoms with van der Waals surface area (Å²) in [6, 6.07) is 3.74. The average Bonchev–Trinajstić information content (AvgIpc) is 2.57. The molecule has 2 rings (SSSR count). The van der Waals surface area contributed by atoms with E-state index < -0.39 is 11.6 Å². The molecule has 0 atom stereocenters. The van der Waals surface area contributed by atoms with Crippen LogP contribution < -0.4 is 0 Å². The number of rotatable bonds is 1. The molecule has 0 bridgehead atoms. The summed E-state index contributed by atoms with van der Waals surface area (Å²) < 4.78 is 27.5. The number of halogens is 2. The van der Waals surface area contributed by atoms with Crippen LogP contribution in [0.5, 0.6) is 0 Å². The highest BCUT2D eigenvalue weighted by atomic mass is 19.1. The van der Waals surface area contributed by atoms with Crippen molar-refractivity contribution in [2.24, 2.45) is 0 Å². The van der Waals surface area contributed by atoms with Crippen molar-refractivity contribution in [2.45, 2.75) is 0 Å². The number of hydrogen-bond donors (Lipinski definition) is 0. The van der Waals surface area contributed by atoms with Crippen LogP contribution in [-0.4, -0.2) is 9.55 Å². The van der Waals surface area contributed by atoms with Gasteiger partial charge in [-0.05, 0) is 12.1 Å². The SMILES string of the molecule is Fc1cccc(F)c1-n1ccnc1. The molecule has 2 aromatic rings. The number of imidazole rings is 1. The van der Waals surface area contributed by atoms with Crippen LogP contribution in [0, 0.1) is 11.6 Å². The molecule has 66 valence electrons. The van der Waals surface area contributed by atoms with Gasteiger partial charge in [-0.2, -0.15) is 0 Å². The van der Waals surface area contributed by atoms with Crippen molar-refractivity contribution in [2.75, 3.05) is 0 Å². The lowest BCUT2D eigenvalue weighted by atomic mass is 10.3. The molecule has 0 unspecified atom stereocenters. The van der Waals surface area contributed by atoms with Crippen LogP contribution in [0.1, 0.15) is 0 Å². The molecule has 1 aromatic heterocycles. The van der Waals surface area contributed by atoms with Gasteiger partial charge in [-0.15, -0.1) is 0 Å². The molecule has 0 aliphatic carbocycles. The third kappa shape index (κ3) is 1.30. The van der Waals surface area contributed by atoms with E-state index in [1.54, 1.807) is 0 Å². The lowest BCUT2D eigenvalue weighted by Gasteiger charge is -2.03. The molecule has 0 saturated heterocycles. The zero-order valence-corrected chi connectivity index (χ0v) is 6.61. The molecular formula is C9H6F2N2. The highest BCUT2D eigenvalue weighted by molar-refractivity contribution is 5.34. The zero-order chi connectivity index (χ0) is 9.26. The van der Waals surface area contributed by atoms with Crippen LogP contribution in [0.3, 0.4) is 0 Å². The second-order valence-electron chi connectivity index (χ2n) is 2.54. The Balaban J connectivity index is 2.64. The first-order valence-electron chi connectivity index (χ1n) is 3.71. The van der Waals surface area contributed by atoms with Gasteiger partial charge in [-0.25, -0.2) is 13.8 Å². The van der Waals surface area contributed by atoms with E-state index in [9.17, 15) is 8.78 Å². The Kier molecular flexibility index (Phi) is 1.81. The van der Waals surface area contributed by atoms with Crippen LogP contribution in [0.15, 0.2) is 36.9 Å². The molecule has 0 aliphatic heterocycles. The number of nitrogens with zero attached hydrogens (tertiary/aromatic N) is 2. The van der Waals surface area contributed by atoms with Gasteiger partial charge in [-0.1, -0.05) is 6.07 Å². The van der Waals surface area contributed by atoms with Crippen LogP contribution in [0.25, 0.3) is 5.69 Å². The van der Waals surface area contributed by atoms with Crippen molar-refractivity contribution in [3.8, 4) is 5.69 Å². The number of para-hydroxylation sites is 1. The van der Waals surface area contributed by atoms with Gasteiger partial charge in [0.15, 0.2) is 0 Å². The number of hydrogen-bond acceptors (Lipinski definition) is 1. The Hall–Kier alpha value is -1.71. The Morgan fingerprint density at radius 1 is 1.15 bits per heavy atom. The third-order valence-electron chi connectivity index (χ3n) is 1.70. The van der Waals surface area contributed by atoms with Crippen LogP contribution >= 0.6 is 0 Å². The summed E-state index contributed by atoms with van der Waals surface area (Å²) in [6.45, 7) is 0. The Bertz CT molecular complexity index is 389. The predicted octanol–water partition coefficient (Wildman–Crippen LogP) is 2.15. The summed E-state index contributed by atoms with van der Waals surface area (Å²) >= 11 is 0. The maximum Gasteiger partial charge on any atom is 0.150 e. The molecule has 0 spiro atoms. The first-order chi connectivity index (χ1) is 6.29. The maximum absolute atomic E-state index is 13.1. The van der Waals surface area contributed by atoms with Gasteiger partial charge in [-0.3, -0.25) is 0 Å². The van der Waals surface area contributed by atoms with E-state index in [-0.39, 0.29) is 5.69 Å². The van der Waals surface area contributed by atoms with Crippen molar-refractivity contribution < 1.29 is 8.78 Å². The normalized spacial score (nSPS) is 10.3. The van der Waals surface area contributed by atoms with Gasteiger partial charge in [0.25, 0.3) is 0 Å². The average molecular weight is 180 g/mol. The quantitative estimate of drug-likeness (QED) is 0.657. The monoisotopic (exact) mass is 180 g/mol.